The number of hydrogen-bond donors (Lipinski definition) is 2. The fourth-order valence-electron chi connectivity index (χ4n) is 1.41. The lowest BCUT2D eigenvalue weighted by atomic mass is 10.1. The first kappa shape index (κ1) is 12.6. The third-order valence-corrected chi connectivity index (χ3v) is 2.27. The van der Waals surface area contributed by atoms with Crippen molar-refractivity contribution in [2.24, 2.45) is 10.3 Å². The number of benzene rings is 1. The van der Waals surface area contributed by atoms with Crippen molar-refractivity contribution in [3.8, 4) is 0 Å². The molecule has 2 aromatic rings. The van der Waals surface area contributed by atoms with Crippen molar-refractivity contribution in [2.75, 3.05) is 0 Å². The van der Waals surface area contributed by atoms with E-state index in [1.807, 2.05) is 18.2 Å². The second kappa shape index (κ2) is 6.15. The molecule has 0 saturated heterocycles. The van der Waals surface area contributed by atoms with Crippen LogP contribution in [-0.4, -0.2) is 23.0 Å². The lowest BCUT2D eigenvalue weighted by Gasteiger charge is -2.01. The second-order valence-corrected chi connectivity index (χ2v) is 3.53. The standard InChI is InChI=1S/C13H11N3O3/c17-13(12-7-4-8-19-12)16-15-11(9-14-18)10-5-2-1-3-6-10/h1-9,18H,(H,16,17)/b14-9+,15-11+. The summed E-state index contributed by atoms with van der Waals surface area (Å²) in [5, 5.41) is 15.4. The third kappa shape index (κ3) is 3.29. The van der Waals surface area contributed by atoms with Crippen LogP contribution < -0.4 is 5.43 Å². The van der Waals surface area contributed by atoms with Gasteiger partial charge < -0.3 is 9.62 Å². The molecule has 0 aliphatic heterocycles. The minimum Gasteiger partial charge on any atom is -0.459 e. The highest BCUT2D eigenvalue weighted by atomic mass is 16.4. The number of oxime groups is 1. The minimum absolute atomic E-state index is 0.150. The van der Waals surface area contributed by atoms with Gasteiger partial charge in [-0.05, 0) is 12.1 Å². The summed E-state index contributed by atoms with van der Waals surface area (Å²) >= 11 is 0. The van der Waals surface area contributed by atoms with Gasteiger partial charge in [-0.2, -0.15) is 5.10 Å². The highest BCUT2D eigenvalue weighted by Crippen LogP contribution is 2.01. The molecule has 1 amide bonds. The number of nitrogens with zero attached hydrogens (tertiary/aromatic N) is 2. The summed E-state index contributed by atoms with van der Waals surface area (Å²) in [6.07, 6.45) is 2.53. The predicted octanol–water partition coefficient (Wildman–Crippen LogP) is 1.87. The largest absolute Gasteiger partial charge is 0.459 e. The predicted molar refractivity (Wildman–Crippen MR) is 69.4 cm³/mol. The molecule has 0 spiro atoms. The topological polar surface area (TPSA) is 87.2 Å². The highest BCUT2D eigenvalue weighted by Gasteiger charge is 2.08. The van der Waals surface area contributed by atoms with E-state index in [1.54, 1.807) is 18.2 Å². The van der Waals surface area contributed by atoms with Crippen LogP contribution in [0.25, 0.3) is 0 Å². The van der Waals surface area contributed by atoms with Crippen molar-refractivity contribution in [3.05, 3.63) is 60.1 Å². The maximum absolute atomic E-state index is 11.6. The summed E-state index contributed by atoms with van der Waals surface area (Å²) in [6.45, 7) is 0. The van der Waals surface area contributed by atoms with Gasteiger partial charge in [-0.25, -0.2) is 5.43 Å². The Morgan fingerprint density at radius 3 is 2.63 bits per heavy atom. The molecule has 0 fully saturated rings. The number of nitrogens with one attached hydrogen (secondary N) is 1. The van der Waals surface area contributed by atoms with Crippen LogP contribution in [0.1, 0.15) is 16.1 Å². The van der Waals surface area contributed by atoms with E-state index in [1.165, 1.54) is 12.3 Å². The zero-order valence-corrected chi connectivity index (χ0v) is 9.85. The van der Waals surface area contributed by atoms with Gasteiger partial charge in [-0.3, -0.25) is 4.79 Å². The summed E-state index contributed by atoms with van der Waals surface area (Å²) in [4.78, 5) is 11.6. The first-order chi connectivity index (χ1) is 9.31. The number of hydrazone groups is 1. The van der Waals surface area contributed by atoms with Crippen molar-refractivity contribution in [1.82, 2.24) is 5.43 Å². The van der Waals surface area contributed by atoms with Gasteiger partial charge in [0.15, 0.2) is 5.76 Å². The third-order valence-electron chi connectivity index (χ3n) is 2.27. The lowest BCUT2D eigenvalue weighted by Crippen LogP contribution is -2.20. The van der Waals surface area contributed by atoms with Gasteiger partial charge >= 0.3 is 5.91 Å². The average Bonchev–Trinajstić information content (AvgIpc) is 2.98. The molecule has 0 radical (unpaired) electrons. The van der Waals surface area contributed by atoms with E-state index in [-0.39, 0.29) is 5.76 Å². The number of carbonyl (C=O) groups is 1. The molecular formula is C13H11N3O3. The molecule has 0 bridgehead atoms. The molecular weight excluding hydrogens is 246 g/mol. The Morgan fingerprint density at radius 1 is 1.21 bits per heavy atom. The summed E-state index contributed by atoms with van der Waals surface area (Å²) in [5.74, 6) is -0.332. The molecule has 0 saturated carbocycles. The van der Waals surface area contributed by atoms with Gasteiger partial charge in [-0.15, -0.1) is 0 Å². The maximum Gasteiger partial charge on any atom is 0.307 e. The van der Waals surface area contributed by atoms with Gasteiger partial charge in [0.2, 0.25) is 0 Å². The monoisotopic (exact) mass is 257 g/mol. The lowest BCUT2D eigenvalue weighted by molar-refractivity contribution is 0.0927. The van der Waals surface area contributed by atoms with E-state index in [9.17, 15) is 4.79 Å². The van der Waals surface area contributed by atoms with Gasteiger partial charge in [0.25, 0.3) is 0 Å². The van der Waals surface area contributed by atoms with Crippen LogP contribution in [0.5, 0.6) is 0 Å². The van der Waals surface area contributed by atoms with Crippen molar-refractivity contribution in [2.45, 2.75) is 0 Å². The number of hydrogen-bond acceptors (Lipinski definition) is 5. The van der Waals surface area contributed by atoms with E-state index in [4.69, 9.17) is 9.62 Å². The Morgan fingerprint density at radius 2 is 2.00 bits per heavy atom. The molecule has 0 atom stereocenters. The molecule has 2 rings (SSSR count). The number of carbonyl (C=O) groups excluding carboxylic acids is 1. The van der Waals surface area contributed by atoms with Gasteiger partial charge in [0, 0.05) is 5.56 Å². The summed E-state index contributed by atoms with van der Waals surface area (Å²) < 4.78 is 4.93. The van der Waals surface area contributed by atoms with Crippen LogP contribution in [0.2, 0.25) is 0 Å². The Balaban J connectivity index is 2.16. The van der Waals surface area contributed by atoms with E-state index >= 15 is 0 Å². The molecule has 2 N–H and O–H groups in total. The normalized spacial score (nSPS) is 11.7. The SMILES string of the molecule is O=C(N/N=C(\C=N\O)c1ccccc1)c1ccco1. The maximum atomic E-state index is 11.6. The Hall–Kier alpha value is -2.89. The van der Waals surface area contributed by atoms with Crippen molar-refractivity contribution in [1.29, 1.82) is 0 Å². The molecule has 96 valence electrons. The summed E-state index contributed by atoms with van der Waals surface area (Å²) in [6, 6.07) is 12.1. The van der Waals surface area contributed by atoms with Crippen LogP contribution >= 0.6 is 0 Å². The quantitative estimate of drug-likeness (QED) is 0.498. The highest BCUT2D eigenvalue weighted by molar-refractivity contribution is 6.38. The molecule has 1 heterocycles. The van der Waals surface area contributed by atoms with Crippen LogP contribution in [0.4, 0.5) is 0 Å². The fraction of sp³-hybridized carbons (Fsp3) is 0. The molecule has 6 nitrogen and oxygen atoms in total. The van der Waals surface area contributed by atoms with E-state index in [0.717, 1.165) is 6.21 Å². The molecule has 0 unspecified atom stereocenters. The molecule has 6 heteroatoms. The van der Waals surface area contributed by atoms with Gasteiger partial charge in [0.1, 0.15) is 5.71 Å². The van der Waals surface area contributed by atoms with Crippen molar-refractivity contribution < 1.29 is 14.4 Å². The summed E-state index contributed by atoms with van der Waals surface area (Å²) in [5.41, 5.74) is 3.35. The van der Waals surface area contributed by atoms with Crippen LogP contribution in [0.15, 0.2) is 63.4 Å². The number of rotatable bonds is 4. The Bertz CT molecular complexity index is 589. The van der Waals surface area contributed by atoms with Crippen LogP contribution in [0.3, 0.4) is 0 Å². The fourth-order valence-corrected chi connectivity index (χ4v) is 1.41. The van der Waals surface area contributed by atoms with E-state index in [2.05, 4.69) is 15.7 Å². The van der Waals surface area contributed by atoms with Crippen molar-refractivity contribution >= 4 is 17.8 Å². The van der Waals surface area contributed by atoms with Crippen LogP contribution in [0, 0.1) is 0 Å². The Labute approximate surface area is 109 Å². The first-order valence-corrected chi connectivity index (χ1v) is 5.45. The molecule has 1 aromatic carbocycles. The minimum atomic E-state index is -0.482. The second-order valence-electron chi connectivity index (χ2n) is 3.53. The molecule has 1 aromatic heterocycles. The van der Waals surface area contributed by atoms with E-state index < -0.39 is 5.91 Å². The van der Waals surface area contributed by atoms with Gasteiger partial charge in [0.05, 0.1) is 12.5 Å². The van der Waals surface area contributed by atoms with Crippen LogP contribution in [-0.2, 0) is 0 Å². The Kier molecular flexibility index (Phi) is 4.07. The zero-order chi connectivity index (χ0) is 13.5. The van der Waals surface area contributed by atoms with Crippen molar-refractivity contribution in [3.63, 3.8) is 0 Å². The smallest absolute Gasteiger partial charge is 0.307 e. The average molecular weight is 257 g/mol. The number of furan rings is 1. The zero-order valence-electron chi connectivity index (χ0n) is 9.85. The first-order valence-electron chi connectivity index (χ1n) is 5.45. The number of amides is 1. The summed E-state index contributed by atoms with van der Waals surface area (Å²) in [7, 11) is 0. The molecule has 0 aliphatic carbocycles. The van der Waals surface area contributed by atoms with E-state index in [0.29, 0.717) is 11.3 Å². The molecule has 19 heavy (non-hydrogen) atoms. The van der Waals surface area contributed by atoms with Gasteiger partial charge in [-0.1, -0.05) is 35.5 Å². The molecule has 0 aliphatic rings.